The van der Waals surface area contributed by atoms with E-state index in [-0.39, 0.29) is 5.78 Å². The molecule has 0 N–H and O–H groups in total. The van der Waals surface area contributed by atoms with Crippen LogP contribution in [-0.4, -0.2) is 16.1 Å². The topological polar surface area (TPSA) is 65.2 Å². The highest BCUT2D eigenvalue weighted by Crippen LogP contribution is 2.25. The van der Waals surface area contributed by atoms with Crippen LogP contribution in [-0.2, 0) is 13.0 Å². The number of rotatable bonds is 3. The molecule has 0 amide bonds. The number of aromatic nitrogens is 2. The van der Waals surface area contributed by atoms with Crippen LogP contribution >= 0.6 is 0 Å². The Morgan fingerprint density at radius 1 is 1.32 bits per heavy atom. The first kappa shape index (κ1) is 11.9. The van der Waals surface area contributed by atoms with E-state index in [4.69, 9.17) is 4.74 Å². The molecule has 5 heteroatoms. The van der Waals surface area contributed by atoms with Gasteiger partial charge in [0, 0.05) is 12.0 Å². The summed E-state index contributed by atoms with van der Waals surface area (Å²) < 4.78 is 10.2. The maximum absolute atomic E-state index is 11.8. The monoisotopic (exact) mass is 258 g/mol. The zero-order chi connectivity index (χ0) is 13.2. The standard InChI is InChI=1S/C14H14N2O3/c1-9-13(16-19-15-9)8-18-11-6-5-10-3-2-4-14(17)12(10)7-11/h5-7H,2-4,8H2,1H3. The molecular weight excluding hydrogens is 244 g/mol. The van der Waals surface area contributed by atoms with E-state index in [0.717, 1.165) is 24.0 Å². The van der Waals surface area contributed by atoms with Crippen molar-refractivity contribution >= 4 is 5.78 Å². The zero-order valence-electron chi connectivity index (χ0n) is 10.7. The lowest BCUT2D eigenvalue weighted by molar-refractivity contribution is 0.0972. The number of hydrogen-bond donors (Lipinski definition) is 0. The smallest absolute Gasteiger partial charge is 0.163 e. The number of nitrogens with zero attached hydrogens (tertiary/aromatic N) is 2. The van der Waals surface area contributed by atoms with Crippen molar-refractivity contribution in [3.63, 3.8) is 0 Å². The summed E-state index contributed by atoms with van der Waals surface area (Å²) in [4.78, 5) is 11.8. The number of ketones is 1. The second kappa shape index (κ2) is 4.84. The van der Waals surface area contributed by atoms with Crippen molar-refractivity contribution in [1.82, 2.24) is 10.3 Å². The van der Waals surface area contributed by atoms with Gasteiger partial charge in [-0.05, 0) is 37.5 Å². The fraction of sp³-hybridized carbons (Fsp3) is 0.357. The highest BCUT2D eigenvalue weighted by atomic mass is 16.6. The van der Waals surface area contributed by atoms with Crippen LogP contribution < -0.4 is 4.74 Å². The third-order valence-electron chi connectivity index (χ3n) is 3.35. The summed E-state index contributed by atoms with van der Waals surface area (Å²) in [6.45, 7) is 2.11. The van der Waals surface area contributed by atoms with Gasteiger partial charge in [-0.25, -0.2) is 4.63 Å². The minimum atomic E-state index is 0.200. The van der Waals surface area contributed by atoms with Crippen LogP contribution in [0.5, 0.6) is 5.75 Å². The molecule has 0 fully saturated rings. The number of benzene rings is 1. The molecule has 1 aromatic carbocycles. The van der Waals surface area contributed by atoms with E-state index in [1.165, 1.54) is 0 Å². The molecule has 1 heterocycles. The average Bonchev–Trinajstić information content (AvgIpc) is 2.83. The van der Waals surface area contributed by atoms with E-state index in [9.17, 15) is 4.79 Å². The largest absolute Gasteiger partial charge is 0.487 e. The Morgan fingerprint density at radius 3 is 3.00 bits per heavy atom. The first-order valence-electron chi connectivity index (χ1n) is 6.31. The Kier molecular flexibility index (Phi) is 3.03. The van der Waals surface area contributed by atoms with Crippen molar-refractivity contribution in [1.29, 1.82) is 0 Å². The summed E-state index contributed by atoms with van der Waals surface area (Å²) in [6.07, 6.45) is 2.53. The molecule has 0 saturated carbocycles. The van der Waals surface area contributed by atoms with Gasteiger partial charge >= 0.3 is 0 Å². The van der Waals surface area contributed by atoms with Crippen molar-refractivity contribution < 1.29 is 14.2 Å². The number of ether oxygens (including phenoxy) is 1. The van der Waals surface area contributed by atoms with E-state index in [2.05, 4.69) is 14.9 Å². The van der Waals surface area contributed by atoms with Crippen molar-refractivity contribution in [3.8, 4) is 5.75 Å². The molecule has 0 bridgehead atoms. The summed E-state index contributed by atoms with van der Waals surface area (Å²) in [5.74, 6) is 0.877. The summed E-state index contributed by atoms with van der Waals surface area (Å²) in [6, 6.07) is 5.68. The van der Waals surface area contributed by atoms with Crippen LogP contribution in [0, 0.1) is 6.92 Å². The summed E-state index contributed by atoms with van der Waals surface area (Å²) in [5, 5.41) is 7.45. The minimum absolute atomic E-state index is 0.200. The van der Waals surface area contributed by atoms with E-state index >= 15 is 0 Å². The minimum Gasteiger partial charge on any atom is -0.487 e. The van der Waals surface area contributed by atoms with E-state index in [1.54, 1.807) is 0 Å². The summed E-state index contributed by atoms with van der Waals surface area (Å²) >= 11 is 0. The molecule has 98 valence electrons. The molecule has 2 aromatic rings. The number of hydrogen-bond acceptors (Lipinski definition) is 5. The van der Waals surface area contributed by atoms with Crippen LogP contribution in [0.1, 0.15) is 40.2 Å². The van der Waals surface area contributed by atoms with Crippen LogP contribution in [0.3, 0.4) is 0 Å². The Labute approximate surface area is 110 Å². The van der Waals surface area contributed by atoms with Crippen molar-refractivity contribution in [2.45, 2.75) is 32.8 Å². The van der Waals surface area contributed by atoms with Crippen molar-refractivity contribution in [2.75, 3.05) is 0 Å². The fourth-order valence-electron chi connectivity index (χ4n) is 2.23. The number of fused-ring (bicyclic) bond motifs is 1. The first-order valence-corrected chi connectivity index (χ1v) is 6.31. The number of aryl methyl sites for hydroxylation is 2. The molecule has 1 aliphatic rings. The normalized spacial score (nSPS) is 14.3. The molecule has 1 aromatic heterocycles. The van der Waals surface area contributed by atoms with Crippen molar-refractivity contribution in [3.05, 3.63) is 40.7 Å². The number of carbonyl (C=O) groups is 1. The van der Waals surface area contributed by atoms with Gasteiger partial charge in [0.1, 0.15) is 23.7 Å². The third kappa shape index (κ3) is 2.36. The molecule has 1 aliphatic carbocycles. The Balaban J connectivity index is 1.77. The Hall–Kier alpha value is -2.17. The van der Waals surface area contributed by atoms with Gasteiger partial charge < -0.3 is 4.74 Å². The average molecular weight is 258 g/mol. The predicted octanol–water partition coefficient (Wildman–Crippen LogP) is 2.48. The van der Waals surface area contributed by atoms with Gasteiger partial charge in [-0.15, -0.1) is 0 Å². The van der Waals surface area contributed by atoms with E-state index < -0.39 is 0 Å². The van der Waals surface area contributed by atoms with Gasteiger partial charge in [0.05, 0.1) is 0 Å². The molecule has 19 heavy (non-hydrogen) atoms. The second-order valence-corrected chi connectivity index (χ2v) is 4.68. The van der Waals surface area contributed by atoms with Gasteiger partial charge in [-0.3, -0.25) is 4.79 Å². The molecule has 0 atom stereocenters. The molecule has 5 nitrogen and oxygen atoms in total. The lowest BCUT2D eigenvalue weighted by Gasteiger charge is -2.15. The Morgan fingerprint density at radius 2 is 2.21 bits per heavy atom. The van der Waals surface area contributed by atoms with Gasteiger partial charge in [0.25, 0.3) is 0 Å². The third-order valence-corrected chi connectivity index (χ3v) is 3.35. The molecule has 0 unspecified atom stereocenters. The molecule has 0 saturated heterocycles. The number of carbonyl (C=O) groups excluding carboxylic acids is 1. The molecule has 0 spiro atoms. The van der Waals surface area contributed by atoms with Crippen LogP contribution in [0.15, 0.2) is 22.8 Å². The molecule has 0 aliphatic heterocycles. The zero-order valence-corrected chi connectivity index (χ0v) is 10.7. The highest BCUT2D eigenvalue weighted by molar-refractivity contribution is 5.98. The maximum Gasteiger partial charge on any atom is 0.163 e. The number of Topliss-reactive ketones (excluding diaryl/α,β-unsaturated/α-hetero) is 1. The quantitative estimate of drug-likeness (QED) is 0.846. The van der Waals surface area contributed by atoms with Crippen LogP contribution in [0.2, 0.25) is 0 Å². The van der Waals surface area contributed by atoms with E-state index in [0.29, 0.717) is 30.2 Å². The van der Waals surface area contributed by atoms with Crippen molar-refractivity contribution in [2.24, 2.45) is 0 Å². The van der Waals surface area contributed by atoms with Gasteiger partial charge in [-0.2, -0.15) is 0 Å². The van der Waals surface area contributed by atoms with Gasteiger partial charge in [0.15, 0.2) is 5.78 Å². The van der Waals surface area contributed by atoms with Crippen LogP contribution in [0.25, 0.3) is 0 Å². The predicted molar refractivity (Wildman–Crippen MR) is 67.1 cm³/mol. The molecule has 3 rings (SSSR count). The highest BCUT2D eigenvalue weighted by Gasteiger charge is 2.17. The SMILES string of the molecule is Cc1nonc1COc1ccc2c(c1)C(=O)CCC2. The molecule has 0 radical (unpaired) electrons. The lowest BCUT2D eigenvalue weighted by Crippen LogP contribution is -2.11. The fourth-order valence-corrected chi connectivity index (χ4v) is 2.23. The Bertz CT molecular complexity index is 619. The first-order chi connectivity index (χ1) is 9.24. The van der Waals surface area contributed by atoms with Gasteiger partial charge in [-0.1, -0.05) is 16.4 Å². The van der Waals surface area contributed by atoms with Crippen LogP contribution in [0.4, 0.5) is 0 Å². The van der Waals surface area contributed by atoms with Gasteiger partial charge in [0.2, 0.25) is 0 Å². The summed E-state index contributed by atoms with van der Waals surface area (Å²) in [5.41, 5.74) is 3.29. The second-order valence-electron chi connectivity index (χ2n) is 4.68. The lowest BCUT2D eigenvalue weighted by atomic mass is 9.90. The summed E-state index contributed by atoms with van der Waals surface area (Å²) in [7, 11) is 0. The maximum atomic E-state index is 11.8. The van der Waals surface area contributed by atoms with E-state index in [1.807, 2.05) is 25.1 Å². The molecular formula is C14H14N2O3.